The Kier molecular flexibility index (Phi) is 4.52. The van der Waals surface area contributed by atoms with E-state index in [0.29, 0.717) is 5.75 Å². The number of hydrogen-bond acceptors (Lipinski definition) is 3. The molecule has 0 aliphatic carbocycles. The highest BCUT2D eigenvalue weighted by Crippen LogP contribution is 2.18. The van der Waals surface area contributed by atoms with Gasteiger partial charge < -0.3 is 4.74 Å². The van der Waals surface area contributed by atoms with Crippen molar-refractivity contribution in [3.8, 4) is 17.6 Å². The van der Waals surface area contributed by atoms with E-state index in [1.165, 1.54) is 18.4 Å². The first-order valence-corrected chi connectivity index (χ1v) is 5.88. The van der Waals surface area contributed by atoms with Crippen LogP contribution in [0.1, 0.15) is 5.56 Å². The van der Waals surface area contributed by atoms with E-state index in [1.54, 1.807) is 18.2 Å². The van der Waals surface area contributed by atoms with Crippen molar-refractivity contribution >= 4 is 5.69 Å². The fraction of sp³-hybridized carbons (Fsp3) is 0. The van der Waals surface area contributed by atoms with E-state index in [0.717, 1.165) is 5.56 Å². The van der Waals surface area contributed by atoms with Gasteiger partial charge in [0.05, 0.1) is 17.3 Å². The van der Waals surface area contributed by atoms with Crippen LogP contribution in [0.25, 0.3) is 0 Å². The number of ether oxygens (including phenoxy) is 1. The van der Waals surface area contributed by atoms with Gasteiger partial charge in [-0.2, -0.15) is 0 Å². The Balaban J connectivity index is 1.96. The molecule has 0 aliphatic rings. The molecule has 98 valence electrons. The second-order valence-electron chi connectivity index (χ2n) is 3.81. The van der Waals surface area contributed by atoms with Crippen molar-refractivity contribution in [3.63, 3.8) is 0 Å². The molecule has 0 atom stereocenters. The Morgan fingerprint density at radius 2 is 1.90 bits per heavy atom. The van der Waals surface area contributed by atoms with Gasteiger partial charge in [-0.05, 0) is 18.2 Å². The molecule has 2 rings (SSSR count). The van der Waals surface area contributed by atoms with Crippen molar-refractivity contribution in [1.29, 1.82) is 0 Å². The number of allylic oxidation sites excluding steroid dienone is 1. The number of hydrogen-bond donors (Lipinski definition) is 0. The van der Waals surface area contributed by atoms with E-state index >= 15 is 0 Å². The van der Waals surface area contributed by atoms with Gasteiger partial charge in [-0.1, -0.05) is 36.1 Å². The molecule has 4 heteroatoms. The van der Waals surface area contributed by atoms with Gasteiger partial charge in [0.1, 0.15) is 5.75 Å². The second kappa shape index (κ2) is 6.76. The van der Waals surface area contributed by atoms with Crippen LogP contribution in [0.2, 0.25) is 0 Å². The molecule has 4 nitrogen and oxygen atoms in total. The topological polar surface area (TPSA) is 52.4 Å². The molecule has 0 radical (unpaired) electrons. The monoisotopic (exact) mass is 265 g/mol. The molecule has 0 unspecified atom stereocenters. The molecule has 0 saturated heterocycles. The molecule has 0 heterocycles. The van der Waals surface area contributed by atoms with Gasteiger partial charge in [-0.15, -0.1) is 0 Å². The van der Waals surface area contributed by atoms with Crippen LogP contribution < -0.4 is 4.74 Å². The van der Waals surface area contributed by atoms with Gasteiger partial charge in [0, 0.05) is 17.7 Å². The van der Waals surface area contributed by atoms with E-state index in [9.17, 15) is 10.1 Å². The van der Waals surface area contributed by atoms with Gasteiger partial charge in [-0.25, -0.2) is 0 Å². The van der Waals surface area contributed by atoms with Crippen molar-refractivity contribution in [2.45, 2.75) is 0 Å². The van der Waals surface area contributed by atoms with Crippen LogP contribution in [0.5, 0.6) is 5.75 Å². The minimum absolute atomic E-state index is 0.00808. The second-order valence-corrected chi connectivity index (χ2v) is 3.81. The van der Waals surface area contributed by atoms with Gasteiger partial charge >= 0.3 is 0 Å². The summed E-state index contributed by atoms with van der Waals surface area (Å²) >= 11 is 0. The lowest BCUT2D eigenvalue weighted by molar-refractivity contribution is -0.384. The normalized spacial score (nSPS) is 9.80. The van der Waals surface area contributed by atoms with Crippen LogP contribution in [-0.4, -0.2) is 4.92 Å². The van der Waals surface area contributed by atoms with Crippen LogP contribution in [0.15, 0.2) is 66.9 Å². The average molecular weight is 265 g/mol. The molecule has 2 aromatic carbocycles. The number of rotatable bonds is 3. The van der Waals surface area contributed by atoms with E-state index in [-0.39, 0.29) is 5.69 Å². The minimum atomic E-state index is -0.466. The Hall–Kier alpha value is -3.06. The largest absolute Gasteiger partial charge is 0.464 e. The summed E-state index contributed by atoms with van der Waals surface area (Å²) in [6.45, 7) is 0. The predicted octanol–water partition coefficient (Wildman–Crippen LogP) is 3.54. The zero-order chi connectivity index (χ0) is 14.2. The number of benzene rings is 2. The number of nitrogens with zero attached hydrogens (tertiary/aromatic N) is 1. The maximum absolute atomic E-state index is 10.6. The highest BCUT2D eigenvalue weighted by Gasteiger charge is 2.04. The fourth-order valence-corrected chi connectivity index (χ4v) is 1.46. The number of nitro benzene ring substituents is 1. The Morgan fingerprint density at radius 3 is 2.65 bits per heavy atom. The molecule has 0 saturated carbocycles. The molecule has 0 N–H and O–H groups in total. The van der Waals surface area contributed by atoms with E-state index in [2.05, 4.69) is 11.8 Å². The third-order valence-electron chi connectivity index (χ3n) is 2.37. The molecular formula is C16H11NO3. The molecule has 0 fully saturated rings. The SMILES string of the molecule is O=[N+]([O-])c1cccc(O/C=C/C#Cc2ccccc2)c1. The highest BCUT2D eigenvalue weighted by atomic mass is 16.6. The summed E-state index contributed by atoms with van der Waals surface area (Å²) in [4.78, 5) is 10.1. The third kappa shape index (κ3) is 4.00. The maximum atomic E-state index is 10.6. The molecule has 0 amide bonds. The molecule has 0 spiro atoms. The van der Waals surface area contributed by atoms with Crippen LogP contribution >= 0.6 is 0 Å². The fourth-order valence-electron chi connectivity index (χ4n) is 1.46. The van der Waals surface area contributed by atoms with Gasteiger partial charge in [0.2, 0.25) is 0 Å². The van der Waals surface area contributed by atoms with E-state index in [4.69, 9.17) is 4.74 Å². The smallest absolute Gasteiger partial charge is 0.273 e. The first-order valence-electron chi connectivity index (χ1n) is 5.88. The van der Waals surface area contributed by atoms with Crippen LogP contribution in [0.3, 0.4) is 0 Å². The predicted molar refractivity (Wildman–Crippen MR) is 76.2 cm³/mol. The summed E-state index contributed by atoms with van der Waals surface area (Å²) in [7, 11) is 0. The molecule has 0 aliphatic heterocycles. The van der Waals surface area contributed by atoms with Gasteiger partial charge in [0.15, 0.2) is 0 Å². The Morgan fingerprint density at radius 1 is 1.10 bits per heavy atom. The number of nitro groups is 1. The lowest BCUT2D eigenvalue weighted by Crippen LogP contribution is -1.88. The summed E-state index contributed by atoms with van der Waals surface area (Å²) in [6.07, 6.45) is 2.95. The molecule has 2 aromatic rings. The summed E-state index contributed by atoms with van der Waals surface area (Å²) < 4.78 is 5.25. The summed E-state index contributed by atoms with van der Waals surface area (Å²) in [5.41, 5.74) is 0.902. The van der Waals surface area contributed by atoms with E-state index < -0.39 is 4.92 Å². The number of non-ortho nitro benzene ring substituents is 1. The zero-order valence-electron chi connectivity index (χ0n) is 10.5. The van der Waals surface area contributed by atoms with Gasteiger partial charge in [-0.3, -0.25) is 10.1 Å². The summed E-state index contributed by atoms with van der Waals surface area (Å²) in [6, 6.07) is 15.5. The summed E-state index contributed by atoms with van der Waals surface area (Å²) in [5.74, 6) is 6.16. The lowest BCUT2D eigenvalue weighted by Gasteiger charge is -1.98. The van der Waals surface area contributed by atoms with Crippen LogP contribution in [0, 0.1) is 22.0 Å². The molecule has 0 bridgehead atoms. The zero-order valence-corrected chi connectivity index (χ0v) is 10.5. The van der Waals surface area contributed by atoms with E-state index in [1.807, 2.05) is 30.3 Å². The van der Waals surface area contributed by atoms with Crippen molar-refractivity contribution in [1.82, 2.24) is 0 Å². The quantitative estimate of drug-likeness (QED) is 0.369. The van der Waals surface area contributed by atoms with Crippen molar-refractivity contribution in [2.75, 3.05) is 0 Å². The van der Waals surface area contributed by atoms with Crippen LogP contribution in [-0.2, 0) is 0 Å². The Labute approximate surface area is 116 Å². The van der Waals surface area contributed by atoms with Crippen molar-refractivity contribution in [2.24, 2.45) is 0 Å². The first kappa shape index (κ1) is 13.4. The van der Waals surface area contributed by atoms with Crippen molar-refractivity contribution < 1.29 is 9.66 Å². The summed E-state index contributed by atoms with van der Waals surface area (Å²) in [5, 5.41) is 10.6. The van der Waals surface area contributed by atoms with Crippen molar-refractivity contribution in [3.05, 3.63) is 82.6 Å². The van der Waals surface area contributed by atoms with Gasteiger partial charge in [0.25, 0.3) is 5.69 Å². The Bertz CT molecular complexity index is 682. The highest BCUT2D eigenvalue weighted by molar-refractivity contribution is 5.39. The first-order chi connectivity index (χ1) is 9.75. The third-order valence-corrected chi connectivity index (χ3v) is 2.37. The van der Waals surface area contributed by atoms with Crippen LogP contribution in [0.4, 0.5) is 5.69 Å². The lowest BCUT2D eigenvalue weighted by atomic mass is 10.2. The molecule has 20 heavy (non-hydrogen) atoms. The maximum Gasteiger partial charge on any atom is 0.273 e. The standard InChI is InChI=1S/C16H11NO3/c18-17(19)15-10-6-11-16(13-15)20-12-5-4-9-14-7-2-1-3-8-14/h1-3,5-8,10-13H/b12-5+. The average Bonchev–Trinajstić information content (AvgIpc) is 2.48. The minimum Gasteiger partial charge on any atom is -0.464 e. The molecular weight excluding hydrogens is 254 g/mol. The molecule has 0 aromatic heterocycles.